The summed E-state index contributed by atoms with van der Waals surface area (Å²) in [7, 11) is 1.65. The Bertz CT molecular complexity index is 326. The second kappa shape index (κ2) is 5.30. The molecule has 0 aliphatic carbocycles. The second-order valence-corrected chi connectivity index (χ2v) is 3.94. The lowest BCUT2D eigenvalue weighted by molar-refractivity contribution is 0.122. The SMILES string of the molecule is COc1ccc(CNC2COCC2O)cc1. The molecule has 0 radical (unpaired) electrons. The summed E-state index contributed by atoms with van der Waals surface area (Å²) in [5.74, 6) is 0.855. The van der Waals surface area contributed by atoms with E-state index in [-0.39, 0.29) is 6.04 Å². The number of hydrogen-bond donors (Lipinski definition) is 2. The summed E-state index contributed by atoms with van der Waals surface area (Å²) in [5, 5.41) is 12.8. The summed E-state index contributed by atoms with van der Waals surface area (Å²) in [6, 6.07) is 7.92. The Hall–Kier alpha value is -1.10. The molecule has 1 aromatic carbocycles. The first-order chi connectivity index (χ1) is 7.79. The third-order valence-corrected chi connectivity index (χ3v) is 2.78. The normalized spacial score (nSPS) is 24.6. The Kier molecular flexibility index (Phi) is 3.77. The number of benzene rings is 1. The van der Waals surface area contributed by atoms with E-state index >= 15 is 0 Å². The number of methoxy groups -OCH3 is 1. The lowest BCUT2D eigenvalue weighted by Crippen LogP contribution is -2.38. The van der Waals surface area contributed by atoms with Gasteiger partial charge in [-0.1, -0.05) is 12.1 Å². The molecule has 0 aromatic heterocycles. The lowest BCUT2D eigenvalue weighted by Gasteiger charge is -2.14. The van der Waals surface area contributed by atoms with E-state index in [1.807, 2.05) is 24.3 Å². The fourth-order valence-corrected chi connectivity index (χ4v) is 1.73. The van der Waals surface area contributed by atoms with Crippen molar-refractivity contribution in [3.8, 4) is 5.75 Å². The average Bonchev–Trinajstić information content (AvgIpc) is 2.73. The molecule has 2 rings (SSSR count). The zero-order valence-electron chi connectivity index (χ0n) is 9.35. The molecular formula is C12H17NO3. The topological polar surface area (TPSA) is 50.7 Å². The minimum absolute atomic E-state index is 0.0436. The molecule has 4 heteroatoms. The Morgan fingerprint density at radius 2 is 2.12 bits per heavy atom. The van der Waals surface area contributed by atoms with Crippen LogP contribution in [0.3, 0.4) is 0 Å². The maximum absolute atomic E-state index is 9.54. The van der Waals surface area contributed by atoms with E-state index in [9.17, 15) is 5.11 Å². The molecule has 88 valence electrons. The molecule has 16 heavy (non-hydrogen) atoms. The largest absolute Gasteiger partial charge is 0.497 e. The van der Waals surface area contributed by atoms with Crippen molar-refractivity contribution in [3.63, 3.8) is 0 Å². The minimum atomic E-state index is -0.391. The summed E-state index contributed by atoms with van der Waals surface area (Å²) in [6.07, 6.45) is -0.391. The van der Waals surface area contributed by atoms with E-state index in [1.165, 1.54) is 5.56 Å². The Labute approximate surface area is 95.2 Å². The van der Waals surface area contributed by atoms with Crippen LogP contribution in [0.15, 0.2) is 24.3 Å². The molecule has 1 heterocycles. The minimum Gasteiger partial charge on any atom is -0.497 e. The molecule has 2 atom stereocenters. The van der Waals surface area contributed by atoms with Gasteiger partial charge in [0.2, 0.25) is 0 Å². The zero-order valence-corrected chi connectivity index (χ0v) is 9.35. The standard InChI is InChI=1S/C12H17NO3/c1-15-10-4-2-9(3-5-10)6-13-11-7-16-8-12(11)14/h2-5,11-14H,6-8H2,1H3. The van der Waals surface area contributed by atoms with Gasteiger partial charge in [0.05, 0.1) is 32.5 Å². The molecule has 0 amide bonds. The van der Waals surface area contributed by atoms with Crippen LogP contribution in [0.4, 0.5) is 0 Å². The van der Waals surface area contributed by atoms with E-state index in [2.05, 4.69) is 5.32 Å². The van der Waals surface area contributed by atoms with Gasteiger partial charge in [0.15, 0.2) is 0 Å². The molecule has 0 bridgehead atoms. The maximum atomic E-state index is 9.54. The Morgan fingerprint density at radius 3 is 2.69 bits per heavy atom. The molecule has 1 aliphatic rings. The van der Waals surface area contributed by atoms with Gasteiger partial charge in [-0.2, -0.15) is 0 Å². The van der Waals surface area contributed by atoms with Crippen molar-refractivity contribution in [1.82, 2.24) is 5.32 Å². The fourth-order valence-electron chi connectivity index (χ4n) is 1.73. The van der Waals surface area contributed by atoms with Crippen LogP contribution in [0.2, 0.25) is 0 Å². The van der Waals surface area contributed by atoms with Crippen molar-refractivity contribution in [2.45, 2.75) is 18.7 Å². The van der Waals surface area contributed by atoms with Crippen molar-refractivity contribution >= 4 is 0 Å². The summed E-state index contributed by atoms with van der Waals surface area (Å²) >= 11 is 0. The maximum Gasteiger partial charge on any atom is 0.118 e. The number of aliphatic hydroxyl groups is 1. The zero-order chi connectivity index (χ0) is 11.4. The molecule has 2 N–H and O–H groups in total. The van der Waals surface area contributed by atoms with Crippen molar-refractivity contribution in [3.05, 3.63) is 29.8 Å². The monoisotopic (exact) mass is 223 g/mol. The number of nitrogens with one attached hydrogen (secondary N) is 1. The van der Waals surface area contributed by atoms with Crippen LogP contribution in [0, 0.1) is 0 Å². The van der Waals surface area contributed by atoms with Gasteiger partial charge in [-0.25, -0.2) is 0 Å². The van der Waals surface area contributed by atoms with E-state index < -0.39 is 6.10 Å². The van der Waals surface area contributed by atoms with E-state index in [0.29, 0.717) is 13.2 Å². The van der Waals surface area contributed by atoms with E-state index in [4.69, 9.17) is 9.47 Å². The number of rotatable bonds is 4. The Morgan fingerprint density at radius 1 is 1.38 bits per heavy atom. The van der Waals surface area contributed by atoms with Crippen molar-refractivity contribution in [1.29, 1.82) is 0 Å². The highest BCUT2D eigenvalue weighted by Gasteiger charge is 2.25. The van der Waals surface area contributed by atoms with Gasteiger partial charge in [-0.15, -0.1) is 0 Å². The second-order valence-electron chi connectivity index (χ2n) is 3.94. The third kappa shape index (κ3) is 2.72. The van der Waals surface area contributed by atoms with Gasteiger partial charge in [0, 0.05) is 6.54 Å². The van der Waals surface area contributed by atoms with Gasteiger partial charge >= 0.3 is 0 Å². The lowest BCUT2D eigenvalue weighted by atomic mass is 10.1. The van der Waals surface area contributed by atoms with Crippen LogP contribution in [0.1, 0.15) is 5.56 Å². The molecule has 0 spiro atoms. The van der Waals surface area contributed by atoms with Gasteiger partial charge in [0.25, 0.3) is 0 Å². The molecule has 1 aliphatic heterocycles. The van der Waals surface area contributed by atoms with Crippen LogP contribution in [-0.2, 0) is 11.3 Å². The number of ether oxygens (including phenoxy) is 2. The first-order valence-electron chi connectivity index (χ1n) is 5.41. The van der Waals surface area contributed by atoms with Crippen LogP contribution in [0.25, 0.3) is 0 Å². The van der Waals surface area contributed by atoms with Gasteiger partial charge in [0.1, 0.15) is 5.75 Å². The van der Waals surface area contributed by atoms with Crippen LogP contribution in [0.5, 0.6) is 5.75 Å². The molecule has 2 unspecified atom stereocenters. The number of aliphatic hydroxyl groups excluding tert-OH is 1. The first-order valence-corrected chi connectivity index (χ1v) is 5.41. The average molecular weight is 223 g/mol. The van der Waals surface area contributed by atoms with Gasteiger partial charge in [-0.3, -0.25) is 0 Å². The van der Waals surface area contributed by atoms with Crippen molar-refractivity contribution in [2.24, 2.45) is 0 Å². The molecule has 1 fully saturated rings. The quantitative estimate of drug-likeness (QED) is 0.782. The highest BCUT2D eigenvalue weighted by Crippen LogP contribution is 2.12. The number of hydrogen-bond acceptors (Lipinski definition) is 4. The third-order valence-electron chi connectivity index (χ3n) is 2.78. The molecule has 4 nitrogen and oxygen atoms in total. The highest BCUT2D eigenvalue weighted by atomic mass is 16.5. The fraction of sp³-hybridized carbons (Fsp3) is 0.500. The molecular weight excluding hydrogens is 206 g/mol. The molecule has 1 aromatic rings. The predicted molar refractivity (Wildman–Crippen MR) is 60.4 cm³/mol. The Balaban J connectivity index is 1.84. The smallest absolute Gasteiger partial charge is 0.118 e. The summed E-state index contributed by atoms with van der Waals surface area (Å²) in [5.41, 5.74) is 1.17. The molecule has 0 saturated carbocycles. The van der Waals surface area contributed by atoms with Crippen molar-refractivity contribution in [2.75, 3.05) is 20.3 Å². The van der Waals surface area contributed by atoms with E-state index in [1.54, 1.807) is 7.11 Å². The van der Waals surface area contributed by atoms with E-state index in [0.717, 1.165) is 12.3 Å². The summed E-state index contributed by atoms with van der Waals surface area (Å²) < 4.78 is 10.2. The van der Waals surface area contributed by atoms with Crippen molar-refractivity contribution < 1.29 is 14.6 Å². The van der Waals surface area contributed by atoms with Crippen LogP contribution < -0.4 is 10.1 Å². The van der Waals surface area contributed by atoms with Gasteiger partial charge in [-0.05, 0) is 17.7 Å². The van der Waals surface area contributed by atoms with Gasteiger partial charge < -0.3 is 19.9 Å². The first kappa shape index (κ1) is 11.4. The van der Waals surface area contributed by atoms with Crippen LogP contribution in [-0.4, -0.2) is 37.6 Å². The summed E-state index contributed by atoms with van der Waals surface area (Å²) in [4.78, 5) is 0. The van der Waals surface area contributed by atoms with Crippen LogP contribution >= 0.6 is 0 Å². The highest BCUT2D eigenvalue weighted by molar-refractivity contribution is 5.27. The predicted octanol–water partition coefficient (Wildman–Crippen LogP) is 0.544. The molecule has 1 saturated heterocycles. The summed E-state index contributed by atoms with van der Waals surface area (Å²) in [6.45, 7) is 1.74.